The van der Waals surface area contributed by atoms with Crippen LogP contribution in [0.2, 0.25) is 0 Å². The highest BCUT2D eigenvalue weighted by Crippen LogP contribution is 2.29. The molecular weight excluding hydrogens is 284 g/mol. The summed E-state index contributed by atoms with van der Waals surface area (Å²) in [6.45, 7) is 9.87. The van der Waals surface area contributed by atoms with Crippen molar-refractivity contribution in [1.82, 2.24) is 14.8 Å². The number of ether oxygens (including phenoxy) is 1. The van der Waals surface area contributed by atoms with Gasteiger partial charge in [-0.05, 0) is 44.2 Å². The Bertz CT molecular complexity index is 607. The van der Waals surface area contributed by atoms with E-state index in [2.05, 4.69) is 51.9 Å². The number of nitrogens with zero attached hydrogens (tertiary/aromatic N) is 4. The van der Waals surface area contributed by atoms with E-state index in [0.717, 1.165) is 44.4 Å². The molecule has 0 amide bonds. The summed E-state index contributed by atoms with van der Waals surface area (Å²) in [5.41, 5.74) is 1.28. The Morgan fingerprint density at radius 2 is 2.24 bits per heavy atom. The second-order valence-corrected chi connectivity index (χ2v) is 6.28. The van der Waals surface area contributed by atoms with Crippen molar-refractivity contribution in [3.8, 4) is 10.7 Å². The smallest absolute Gasteiger partial charge is 0.227 e. The second-order valence-electron chi connectivity index (χ2n) is 5.37. The van der Waals surface area contributed by atoms with Gasteiger partial charge in [-0.3, -0.25) is 4.57 Å². The lowest BCUT2D eigenvalue weighted by Gasteiger charge is -2.18. The molecule has 0 aliphatic carbocycles. The maximum atomic E-state index is 5.73. The average molecular weight is 306 g/mol. The molecule has 3 rings (SSSR count). The fraction of sp³-hybridized carbons (Fsp3) is 0.600. The molecule has 114 valence electrons. The number of thiophene rings is 1. The van der Waals surface area contributed by atoms with E-state index >= 15 is 0 Å². The Hall–Kier alpha value is -1.40. The third-order valence-electron chi connectivity index (χ3n) is 3.83. The first-order valence-electron chi connectivity index (χ1n) is 7.58. The Kier molecular flexibility index (Phi) is 4.26. The quantitative estimate of drug-likeness (QED) is 0.852. The molecule has 1 aliphatic rings. The molecule has 0 radical (unpaired) electrons. The van der Waals surface area contributed by atoms with Crippen LogP contribution in [0.5, 0.6) is 0 Å². The zero-order valence-corrected chi connectivity index (χ0v) is 13.7. The SMILES string of the molecule is CCO[C@H]1CCN(c2nnc(-c3cc(C)cs3)n2CC)C1. The van der Waals surface area contributed by atoms with Gasteiger partial charge in [0, 0.05) is 26.2 Å². The van der Waals surface area contributed by atoms with Crippen LogP contribution in [0.3, 0.4) is 0 Å². The molecule has 0 unspecified atom stereocenters. The molecule has 21 heavy (non-hydrogen) atoms. The molecule has 5 nitrogen and oxygen atoms in total. The van der Waals surface area contributed by atoms with E-state index in [1.807, 2.05) is 0 Å². The van der Waals surface area contributed by atoms with E-state index in [1.54, 1.807) is 11.3 Å². The lowest BCUT2D eigenvalue weighted by atomic mass is 10.3. The molecule has 1 saturated heterocycles. The third kappa shape index (κ3) is 2.82. The van der Waals surface area contributed by atoms with Gasteiger partial charge in [0.2, 0.25) is 5.95 Å². The van der Waals surface area contributed by atoms with Crippen LogP contribution in [0.15, 0.2) is 11.4 Å². The lowest BCUT2D eigenvalue weighted by Crippen LogP contribution is -2.26. The van der Waals surface area contributed by atoms with Crippen molar-refractivity contribution in [2.45, 2.75) is 39.8 Å². The monoisotopic (exact) mass is 306 g/mol. The molecule has 0 aromatic carbocycles. The highest BCUT2D eigenvalue weighted by molar-refractivity contribution is 7.13. The van der Waals surface area contributed by atoms with Crippen LogP contribution in [0.25, 0.3) is 10.7 Å². The van der Waals surface area contributed by atoms with Gasteiger partial charge in [-0.25, -0.2) is 0 Å². The van der Waals surface area contributed by atoms with Gasteiger partial charge in [-0.2, -0.15) is 0 Å². The minimum Gasteiger partial charge on any atom is -0.377 e. The number of aromatic nitrogens is 3. The molecule has 0 bridgehead atoms. The van der Waals surface area contributed by atoms with Crippen molar-refractivity contribution in [2.75, 3.05) is 24.6 Å². The molecule has 1 aliphatic heterocycles. The van der Waals surface area contributed by atoms with Gasteiger partial charge < -0.3 is 9.64 Å². The Morgan fingerprint density at radius 3 is 2.90 bits per heavy atom. The van der Waals surface area contributed by atoms with Crippen molar-refractivity contribution in [1.29, 1.82) is 0 Å². The van der Waals surface area contributed by atoms with Gasteiger partial charge in [0.25, 0.3) is 0 Å². The highest BCUT2D eigenvalue weighted by Gasteiger charge is 2.27. The zero-order valence-electron chi connectivity index (χ0n) is 12.9. The largest absolute Gasteiger partial charge is 0.377 e. The van der Waals surface area contributed by atoms with E-state index < -0.39 is 0 Å². The van der Waals surface area contributed by atoms with Crippen LogP contribution >= 0.6 is 11.3 Å². The number of rotatable bonds is 5. The maximum Gasteiger partial charge on any atom is 0.227 e. The topological polar surface area (TPSA) is 43.2 Å². The van der Waals surface area contributed by atoms with Crippen LogP contribution in [0.4, 0.5) is 5.95 Å². The molecular formula is C15H22N4OS. The third-order valence-corrected chi connectivity index (χ3v) is 4.87. The van der Waals surface area contributed by atoms with E-state index in [1.165, 1.54) is 10.4 Å². The predicted octanol–water partition coefficient (Wildman–Crippen LogP) is 2.95. The van der Waals surface area contributed by atoms with E-state index in [-0.39, 0.29) is 0 Å². The first-order chi connectivity index (χ1) is 10.2. The summed E-state index contributed by atoms with van der Waals surface area (Å²) in [6, 6.07) is 2.18. The van der Waals surface area contributed by atoms with Gasteiger partial charge >= 0.3 is 0 Å². The Balaban J connectivity index is 1.85. The van der Waals surface area contributed by atoms with Gasteiger partial charge in [0.15, 0.2) is 5.82 Å². The normalized spacial score (nSPS) is 18.6. The van der Waals surface area contributed by atoms with Crippen molar-refractivity contribution in [3.63, 3.8) is 0 Å². The Morgan fingerprint density at radius 1 is 1.38 bits per heavy atom. The molecule has 1 fully saturated rings. The minimum atomic E-state index is 0.324. The fourth-order valence-corrected chi connectivity index (χ4v) is 3.72. The number of aryl methyl sites for hydroxylation is 1. The molecule has 0 spiro atoms. The number of hydrogen-bond acceptors (Lipinski definition) is 5. The van der Waals surface area contributed by atoms with E-state index in [4.69, 9.17) is 4.74 Å². The predicted molar refractivity (Wildman–Crippen MR) is 86.0 cm³/mol. The van der Waals surface area contributed by atoms with Crippen LogP contribution < -0.4 is 4.90 Å². The summed E-state index contributed by atoms with van der Waals surface area (Å²) in [5, 5.41) is 11.0. The molecule has 6 heteroatoms. The Labute approximate surface area is 129 Å². The zero-order chi connectivity index (χ0) is 14.8. The number of hydrogen-bond donors (Lipinski definition) is 0. The van der Waals surface area contributed by atoms with Crippen LogP contribution in [-0.4, -0.2) is 40.6 Å². The van der Waals surface area contributed by atoms with Crippen molar-refractivity contribution in [2.24, 2.45) is 0 Å². The van der Waals surface area contributed by atoms with Crippen LogP contribution in [0, 0.1) is 6.92 Å². The van der Waals surface area contributed by atoms with Crippen molar-refractivity contribution >= 4 is 17.3 Å². The average Bonchev–Trinajstić information content (AvgIpc) is 3.16. The second kappa shape index (κ2) is 6.15. The van der Waals surface area contributed by atoms with E-state index in [9.17, 15) is 0 Å². The van der Waals surface area contributed by atoms with Crippen LogP contribution in [0.1, 0.15) is 25.8 Å². The molecule has 2 aromatic heterocycles. The number of anilines is 1. The first kappa shape index (κ1) is 14.5. The standard InChI is InChI=1S/C15H22N4OS/c1-4-19-14(13-8-11(3)10-21-13)16-17-15(19)18-7-6-12(9-18)20-5-2/h8,10,12H,4-7,9H2,1-3H3/t12-/m0/s1. The van der Waals surface area contributed by atoms with Gasteiger partial charge in [0.05, 0.1) is 11.0 Å². The minimum absolute atomic E-state index is 0.324. The summed E-state index contributed by atoms with van der Waals surface area (Å²) in [6.07, 6.45) is 1.39. The maximum absolute atomic E-state index is 5.73. The summed E-state index contributed by atoms with van der Waals surface area (Å²) in [5.74, 6) is 1.95. The summed E-state index contributed by atoms with van der Waals surface area (Å²) in [4.78, 5) is 3.48. The van der Waals surface area contributed by atoms with Crippen LogP contribution in [-0.2, 0) is 11.3 Å². The first-order valence-corrected chi connectivity index (χ1v) is 8.46. The van der Waals surface area contributed by atoms with Crippen molar-refractivity contribution in [3.05, 3.63) is 17.0 Å². The molecule has 1 atom stereocenters. The highest BCUT2D eigenvalue weighted by atomic mass is 32.1. The molecule has 3 heterocycles. The summed E-state index contributed by atoms with van der Waals surface area (Å²) in [7, 11) is 0. The van der Waals surface area contributed by atoms with Crippen molar-refractivity contribution < 1.29 is 4.74 Å². The summed E-state index contributed by atoms with van der Waals surface area (Å²) < 4.78 is 7.93. The van der Waals surface area contributed by atoms with Gasteiger partial charge in [-0.15, -0.1) is 21.5 Å². The molecule has 0 saturated carbocycles. The summed E-state index contributed by atoms with van der Waals surface area (Å²) >= 11 is 1.73. The van der Waals surface area contributed by atoms with Gasteiger partial charge in [0.1, 0.15) is 0 Å². The molecule has 0 N–H and O–H groups in total. The van der Waals surface area contributed by atoms with E-state index in [0.29, 0.717) is 6.10 Å². The lowest BCUT2D eigenvalue weighted by molar-refractivity contribution is 0.0787. The van der Waals surface area contributed by atoms with Gasteiger partial charge in [-0.1, -0.05) is 0 Å². The molecule has 2 aromatic rings. The fourth-order valence-electron chi connectivity index (χ4n) is 2.83.